The summed E-state index contributed by atoms with van der Waals surface area (Å²) in [5.74, 6) is 0. The van der Waals surface area contributed by atoms with E-state index in [1.54, 1.807) is 0 Å². The summed E-state index contributed by atoms with van der Waals surface area (Å²) in [6, 6.07) is 8.28. The van der Waals surface area contributed by atoms with Crippen molar-refractivity contribution in [2.75, 3.05) is 23.3 Å². The maximum absolute atomic E-state index is 12.6. The SMILES string of the molecule is C[C@H]1CN(c2ccccc2NC(=O)NC2CCCCCCC2)C[C@H](C)O1. The predicted molar refractivity (Wildman–Crippen MR) is 107 cm³/mol. The maximum Gasteiger partial charge on any atom is 0.319 e. The first-order chi connectivity index (χ1) is 12.6. The zero-order valence-corrected chi connectivity index (χ0v) is 16.2. The molecule has 1 heterocycles. The van der Waals surface area contributed by atoms with Crippen molar-refractivity contribution in [2.45, 2.75) is 77.0 Å². The highest BCUT2D eigenvalue weighted by Gasteiger charge is 2.24. The van der Waals surface area contributed by atoms with Crippen molar-refractivity contribution in [1.29, 1.82) is 0 Å². The molecule has 2 atom stereocenters. The number of nitrogens with one attached hydrogen (secondary N) is 2. The summed E-state index contributed by atoms with van der Waals surface area (Å²) in [4.78, 5) is 14.9. The molecule has 2 aliphatic rings. The minimum Gasteiger partial charge on any atom is -0.372 e. The molecule has 0 bridgehead atoms. The minimum absolute atomic E-state index is 0.0858. The first kappa shape index (κ1) is 19.0. The molecule has 1 aromatic carbocycles. The van der Waals surface area contributed by atoms with Gasteiger partial charge < -0.3 is 20.3 Å². The molecule has 0 aromatic heterocycles. The first-order valence-electron chi connectivity index (χ1n) is 10.2. The number of benzene rings is 1. The Kier molecular flexibility index (Phi) is 6.78. The quantitative estimate of drug-likeness (QED) is 0.833. The molecule has 1 aliphatic heterocycles. The second-order valence-corrected chi connectivity index (χ2v) is 7.82. The Hall–Kier alpha value is -1.75. The Morgan fingerprint density at radius 1 is 1.00 bits per heavy atom. The van der Waals surface area contributed by atoms with Crippen LogP contribution in [0, 0.1) is 0 Å². The number of hydrogen-bond acceptors (Lipinski definition) is 3. The number of urea groups is 1. The second-order valence-electron chi connectivity index (χ2n) is 7.82. The zero-order valence-electron chi connectivity index (χ0n) is 16.2. The molecule has 1 aromatic rings. The number of ether oxygens (including phenoxy) is 1. The van der Waals surface area contributed by atoms with Crippen molar-refractivity contribution < 1.29 is 9.53 Å². The number of anilines is 2. The van der Waals surface area contributed by atoms with Crippen LogP contribution in [0.25, 0.3) is 0 Å². The Morgan fingerprint density at radius 2 is 1.62 bits per heavy atom. The van der Waals surface area contributed by atoms with Crippen molar-refractivity contribution in [2.24, 2.45) is 0 Å². The van der Waals surface area contributed by atoms with Crippen LogP contribution in [-0.2, 0) is 4.74 Å². The number of hydrogen-bond donors (Lipinski definition) is 2. The van der Waals surface area contributed by atoms with E-state index in [1.165, 1.54) is 32.1 Å². The van der Waals surface area contributed by atoms with E-state index in [2.05, 4.69) is 35.4 Å². The molecule has 1 saturated heterocycles. The number of carbonyl (C=O) groups excluding carboxylic acids is 1. The molecule has 0 unspecified atom stereocenters. The van der Waals surface area contributed by atoms with Gasteiger partial charge in [-0.1, -0.05) is 44.2 Å². The first-order valence-corrected chi connectivity index (χ1v) is 10.2. The average Bonchev–Trinajstić information content (AvgIpc) is 2.57. The van der Waals surface area contributed by atoms with Crippen LogP contribution in [-0.4, -0.2) is 37.4 Å². The Bertz CT molecular complexity index is 574. The van der Waals surface area contributed by atoms with Gasteiger partial charge in [0, 0.05) is 19.1 Å². The lowest BCUT2D eigenvalue weighted by atomic mass is 9.97. The van der Waals surface area contributed by atoms with Gasteiger partial charge in [0.1, 0.15) is 0 Å². The molecule has 3 rings (SSSR count). The third kappa shape index (κ3) is 5.37. The van der Waals surface area contributed by atoms with Gasteiger partial charge in [0.25, 0.3) is 0 Å². The maximum atomic E-state index is 12.6. The fourth-order valence-electron chi connectivity index (χ4n) is 4.17. The number of morpholine rings is 1. The highest BCUT2D eigenvalue weighted by molar-refractivity contribution is 5.93. The summed E-state index contributed by atoms with van der Waals surface area (Å²) in [7, 11) is 0. The predicted octanol–water partition coefficient (Wildman–Crippen LogP) is 4.53. The van der Waals surface area contributed by atoms with Gasteiger partial charge >= 0.3 is 6.03 Å². The second kappa shape index (κ2) is 9.26. The van der Waals surface area contributed by atoms with E-state index in [0.717, 1.165) is 37.3 Å². The van der Waals surface area contributed by atoms with Crippen LogP contribution in [0.15, 0.2) is 24.3 Å². The molecular formula is C21H33N3O2. The van der Waals surface area contributed by atoms with Crippen LogP contribution in [0.3, 0.4) is 0 Å². The Balaban J connectivity index is 1.63. The summed E-state index contributed by atoms with van der Waals surface area (Å²) < 4.78 is 5.84. The third-order valence-electron chi connectivity index (χ3n) is 5.35. The number of nitrogens with zero attached hydrogens (tertiary/aromatic N) is 1. The standard InChI is InChI=1S/C21H33N3O2/c1-16-14-24(15-17(2)26-16)20-13-9-8-12-19(20)23-21(25)22-18-10-6-4-3-5-7-11-18/h8-9,12-13,16-18H,3-7,10-11,14-15H2,1-2H3,(H2,22,23,25)/t16-,17-/m0/s1. The molecular weight excluding hydrogens is 326 g/mol. The van der Waals surface area contributed by atoms with Crippen LogP contribution >= 0.6 is 0 Å². The van der Waals surface area contributed by atoms with Crippen molar-refractivity contribution in [1.82, 2.24) is 5.32 Å². The normalized spacial score (nSPS) is 25.2. The molecule has 5 nitrogen and oxygen atoms in total. The smallest absolute Gasteiger partial charge is 0.319 e. The van der Waals surface area contributed by atoms with E-state index in [9.17, 15) is 4.79 Å². The van der Waals surface area contributed by atoms with Crippen LogP contribution in [0.1, 0.15) is 58.8 Å². The highest BCUT2D eigenvalue weighted by Crippen LogP contribution is 2.28. The summed E-state index contributed by atoms with van der Waals surface area (Å²) in [6.07, 6.45) is 8.90. The van der Waals surface area contributed by atoms with Crippen LogP contribution in [0.4, 0.5) is 16.2 Å². The fraction of sp³-hybridized carbons (Fsp3) is 0.667. The topological polar surface area (TPSA) is 53.6 Å². The van der Waals surface area contributed by atoms with Crippen LogP contribution in [0.2, 0.25) is 0 Å². The van der Waals surface area contributed by atoms with E-state index >= 15 is 0 Å². The fourth-order valence-corrected chi connectivity index (χ4v) is 4.17. The molecule has 0 radical (unpaired) electrons. The van der Waals surface area contributed by atoms with Gasteiger partial charge in [0.2, 0.25) is 0 Å². The average molecular weight is 360 g/mol. The molecule has 26 heavy (non-hydrogen) atoms. The Labute approximate surface area is 157 Å². The zero-order chi connectivity index (χ0) is 18.4. The molecule has 144 valence electrons. The largest absolute Gasteiger partial charge is 0.372 e. The summed E-state index contributed by atoms with van der Waals surface area (Å²) >= 11 is 0. The summed E-state index contributed by atoms with van der Waals surface area (Å²) in [6.45, 7) is 5.88. The van der Waals surface area contributed by atoms with Crippen LogP contribution < -0.4 is 15.5 Å². The number of para-hydroxylation sites is 2. The molecule has 2 amide bonds. The molecule has 0 spiro atoms. The number of rotatable bonds is 3. The highest BCUT2D eigenvalue weighted by atomic mass is 16.5. The van der Waals surface area contributed by atoms with Gasteiger partial charge in [0.15, 0.2) is 0 Å². The van der Waals surface area contributed by atoms with Gasteiger partial charge in [-0.15, -0.1) is 0 Å². The molecule has 1 saturated carbocycles. The lowest BCUT2D eigenvalue weighted by Crippen LogP contribution is -2.46. The van der Waals surface area contributed by atoms with Crippen molar-refractivity contribution in [3.05, 3.63) is 24.3 Å². The number of amides is 2. The summed E-state index contributed by atoms with van der Waals surface area (Å²) in [5, 5.41) is 6.28. The lowest BCUT2D eigenvalue weighted by Gasteiger charge is -2.37. The summed E-state index contributed by atoms with van der Waals surface area (Å²) in [5.41, 5.74) is 1.94. The van der Waals surface area contributed by atoms with Crippen LogP contribution in [0.5, 0.6) is 0 Å². The minimum atomic E-state index is -0.0858. The third-order valence-corrected chi connectivity index (χ3v) is 5.35. The van der Waals surface area contributed by atoms with E-state index in [1.807, 2.05) is 18.2 Å². The van der Waals surface area contributed by atoms with Gasteiger partial charge in [-0.3, -0.25) is 0 Å². The van der Waals surface area contributed by atoms with Crippen molar-refractivity contribution in [3.8, 4) is 0 Å². The molecule has 2 N–H and O–H groups in total. The Morgan fingerprint density at radius 3 is 2.31 bits per heavy atom. The van der Waals surface area contributed by atoms with Gasteiger partial charge in [-0.05, 0) is 38.8 Å². The van der Waals surface area contributed by atoms with E-state index in [-0.39, 0.29) is 18.2 Å². The van der Waals surface area contributed by atoms with E-state index in [0.29, 0.717) is 6.04 Å². The van der Waals surface area contributed by atoms with Gasteiger partial charge in [-0.25, -0.2) is 4.79 Å². The van der Waals surface area contributed by atoms with Crippen molar-refractivity contribution in [3.63, 3.8) is 0 Å². The number of carbonyl (C=O) groups is 1. The molecule has 1 aliphatic carbocycles. The van der Waals surface area contributed by atoms with Gasteiger partial charge in [0.05, 0.1) is 23.6 Å². The molecule has 5 heteroatoms. The lowest BCUT2D eigenvalue weighted by molar-refractivity contribution is -0.00517. The van der Waals surface area contributed by atoms with Gasteiger partial charge in [-0.2, -0.15) is 0 Å². The van der Waals surface area contributed by atoms with E-state index in [4.69, 9.17) is 4.74 Å². The van der Waals surface area contributed by atoms with E-state index < -0.39 is 0 Å². The monoisotopic (exact) mass is 359 g/mol. The van der Waals surface area contributed by atoms with Crippen molar-refractivity contribution >= 4 is 17.4 Å². The molecule has 2 fully saturated rings.